The highest BCUT2D eigenvalue weighted by Gasteiger charge is 2.20. The topological polar surface area (TPSA) is 71.4 Å². The molecule has 3 aromatic rings. The average molecular weight is 440 g/mol. The molecule has 0 atom stereocenters. The van der Waals surface area contributed by atoms with E-state index in [1.54, 1.807) is 35.1 Å². The predicted octanol–water partition coefficient (Wildman–Crippen LogP) is 4.86. The van der Waals surface area contributed by atoms with Crippen LogP contribution in [-0.2, 0) is 7.05 Å². The van der Waals surface area contributed by atoms with Crippen LogP contribution in [0.4, 0.5) is 16.2 Å². The number of anilines is 2. The maximum Gasteiger partial charge on any atom is 0.323 e. The summed E-state index contributed by atoms with van der Waals surface area (Å²) in [6, 6.07) is 14.3. The fourth-order valence-electron chi connectivity index (χ4n) is 3.66. The molecule has 0 saturated carbocycles. The highest BCUT2D eigenvalue weighted by atomic mass is 35.5. The second kappa shape index (κ2) is 9.41. The summed E-state index contributed by atoms with van der Waals surface area (Å²) >= 11 is 5.90. The van der Waals surface area contributed by atoms with E-state index in [1.807, 2.05) is 31.3 Å². The van der Waals surface area contributed by atoms with Gasteiger partial charge in [0.05, 0.1) is 5.69 Å². The number of piperidine rings is 1. The van der Waals surface area contributed by atoms with E-state index in [0.29, 0.717) is 16.4 Å². The molecule has 162 valence electrons. The van der Waals surface area contributed by atoms with Crippen molar-refractivity contribution >= 4 is 29.0 Å². The maximum atomic E-state index is 12.5. The van der Waals surface area contributed by atoms with Crippen molar-refractivity contribution in [2.75, 3.05) is 30.8 Å². The van der Waals surface area contributed by atoms with Crippen LogP contribution in [-0.4, -0.2) is 47.0 Å². The lowest BCUT2D eigenvalue weighted by Gasteiger charge is -2.30. The van der Waals surface area contributed by atoms with E-state index in [0.717, 1.165) is 42.9 Å². The first-order valence-corrected chi connectivity index (χ1v) is 10.7. The van der Waals surface area contributed by atoms with E-state index in [4.69, 9.17) is 16.3 Å². The molecule has 2 amide bonds. The summed E-state index contributed by atoms with van der Waals surface area (Å²) in [4.78, 5) is 14.8. The van der Waals surface area contributed by atoms with Gasteiger partial charge in [0.25, 0.3) is 0 Å². The maximum absolute atomic E-state index is 12.5. The molecule has 2 aromatic carbocycles. The largest absolute Gasteiger partial charge is 0.490 e. The summed E-state index contributed by atoms with van der Waals surface area (Å²) in [5, 5.41) is 10.6. The Labute approximate surface area is 187 Å². The molecule has 2 N–H and O–H groups in total. The van der Waals surface area contributed by atoms with Crippen molar-refractivity contribution in [2.45, 2.75) is 18.9 Å². The number of carbonyl (C=O) groups excluding carboxylic acids is 1. The van der Waals surface area contributed by atoms with Gasteiger partial charge in [-0.25, -0.2) is 4.79 Å². The van der Waals surface area contributed by atoms with Crippen molar-refractivity contribution in [3.8, 4) is 17.0 Å². The number of rotatable bonds is 5. The summed E-state index contributed by atoms with van der Waals surface area (Å²) < 4.78 is 8.17. The Kier molecular flexibility index (Phi) is 6.44. The van der Waals surface area contributed by atoms with Crippen LogP contribution in [0.3, 0.4) is 0 Å². The monoisotopic (exact) mass is 439 g/mol. The Hall–Kier alpha value is -3.03. The Balaban J connectivity index is 1.53. The summed E-state index contributed by atoms with van der Waals surface area (Å²) in [7, 11) is 4.02. The zero-order valence-corrected chi connectivity index (χ0v) is 18.4. The number of hydrogen-bond acceptors (Lipinski definition) is 4. The van der Waals surface area contributed by atoms with E-state index in [1.165, 1.54) is 0 Å². The average Bonchev–Trinajstić information content (AvgIpc) is 3.18. The first kappa shape index (κ1) is 21.2. The molecule has 1 aromatic heterocycles. The number of benzene rings is 2. The molecule has 0 radical (unpaired) electrons. The number of amides is 2. The lowest BCUT2D eigenvalue weighted by molar-refractivity contribution is 0.115. The summed E-state index contributed by atoms with van der Waals surface area (Å²) in [6.45, 7) is 2.05. The van der Waals surface area contributed by atoms with Crippen molar-refractivity contribution < 1.29 is 9.53 Å². The van der Waals surface area contributed by atoms with Gasteiger partial charge in [0.1, 0.15) is 11.9 Å². The molecule has 1 fully saturated rings. The SMILES string of the molecule is CN1CCC(Oc2ccc(NC(=O)Nc3ccc(Cl)cc3)cc2-c2ccnn2C)CC1. The van der Waals surface area contributed by atoms with E-state index < -0.39 is 0 Å². The lowest BCUT2D eigenvalue weighted by atomic mass is 10.1. The van der Waals surface area contributed by atoms with Gasteiger partial charge in [0.15, 0.2) is 0 Å². The molecule has 2 heterocycles. The van der Waals surface area contributed by atoms with Crippen molar-refractivity contribution in [3.05, 3.63) is 59.8 Å². The van der Waals surface area contributed by atoms with Gasteiger partial charge in [0.2, 0.25) is 0 Å². The zero-order valence-electron chi connectivity index (χ0n) is 17.6. The minimum Gasteiger partial charge on any atom is -0.490 e. The third kappa shape index (κ3) is 5.37. The van der Waals surface area contributed by atoms with Crippen molar-refractivity contribution in [1.82, 2.24) is 14.7 Å². The van der Waals surface area contributed by atoms with Crippen molar-refractivity contribution in [2.24, 2.45) is 7.05 Å². The van der Waals surface area contributed by atoms with Gasteiger partial charge in [-0.1, -0.05) is 11.6 Å². The van der Waals surface area contributed by atoms with Gasteiger partial charge < -0.3 is 20.3 Å². The van der Waals surface area contributed by atoms with Gasteiger partial charge in [-0.15, -0.1) is 0 Å². The highest BCUT2D eigenvalue weighted by Crippen LogP contribution is 2.34. The van der Waals surface area contributed by atoms with Crippen molar-refractivity contribution in [3.63, 3.8) is 0 Å². The van der Waals surface area contributed by atoms with E-state index >= 15 is 0 Å². The molecule has 7 nitrogen and oxygen atoms in total. The van der Waals surface area contributed by atoms with Crippen LogP contribution in [0.2, 0.25) is 5.02 Å². The van der Waals surface area contributed by atoms with Gasteiger partial charge in [0, 0.05) is 48.3 Å². The van der Waals surface area contributed by atoms with Gasteiger partial charge >= 0.3 is 6.03 Å². The van der Waals surface area contributed by atoms with Crippen LogP contribution < -0.4 is 15.4 Å². The number of nitrogens with one attached hydrogen (secondary N) is 2. The predicted molar refractivity (Wildman–Crippen MR) is 124 cm³/mol. The summed E-state index contributed by atoms with van der Waals surface area (Å²) in [5.41, 5.74) is 3.14. The number of urea groups is 1. The molecule has 0 unspecified atom stereocenters. The molecule has 1 saturated heterocycles. The third-order valence-electron chi connectivity index (χ3n) is 5.40. The standard InChI is InChI=1S/C23H26ClN5O2/c1-28-13-10-19(11-14-28)31-22-8-7-18(15-20(22)21-9-12-25-29(21)2)27-23(30)26-17-5-3-16(24)4-6-17/h3-9,12,15,19H,10-11,13-14H2,1-2H3,(H2,26,27,30). The summed E-state index contributed by atoms with van der Waals surface area (Å²) in [6.07, 6.45) is 3.91. The number of halogens is 1. The van der Waals surface area contributed by atoms with E-state index in [2.05, 4.69) is 27.7 Å². The molecular formula is C23H26ClN5O2. The molecule has 8 heteroatoms. The zero-order chi connectivity index (χ0) is 21.8. The van der Waals surface area contributed by atoms with Gasteiger partial charge in [-0.2, -0.15) is 5.10 Å². The summed E-state index contributed by atoms with van der Waals surface area (Å²) in [5.74, 6) is 0.793. The van der Waals surface area contributed by atoms with Crippen LogP contribution in [0.5, 0.6) is 5.75 Å². The first-order valence-electron chi connectivity index (χ1n) is 10.3. The highest BCUT2D eigenvalue weighted by molar-refractivity contribution is 6.30. The molecule has 0 spiro atoms. The number of nitrogens with zero attached hydrogens (tertiary/aromatic N) is 3. The van der Waals surface area contributed by atoms with E-state index in [9.17, 15) is 4.79 Å². The Bertz CT molecular complexity index is 1040. The molecule has 1 aliphatic rings. The van der Waals surface area contributed by atoms with Gasteiger partial charge in [-0.3, -0.25) is 4.68 Å². The van der Waals surface area contributed by atoms with Crippen LogP contribution in [0.15, 0.2) is 54.7 Å². The first-order chi connectivity index (χ1) is 15.0. The Morgan fingerprint density at radius 2 is 1.71 bits per heavy atom. The molecule has 4 rings (SSSR count). The van der Waals surface area contributed by atoms with Crippen LogP contribution >= 0.6 is 11.6 Å². The fraction of sp³-hybridized carbons (Fsp3) is 0.304. The normalized spacial score (nSPS) is 14.9. The smallest absolute Gasteiger partial charge is 0.323 e. The Morgan fingerprint density at radius 1 is 1.03 bits per heavy atom. The van der Waals surface area contributed by atoms with Crippen LogP contribution in [0.25, 0.3) is 11.3 Å². The number of aromatic nitrogens is 2. The molecule has 1 aliphatic heterocycles. The fourth-order valence-corrected chi connectivity index (χ4v) is 3.78. The van der Waals surface area contributed by atoms with Crippen LogP contribution in [0, 0.1) is 0 Å². The number of hydrogen-bond donors (Lipinski definition) is 2. The van der Waals surface area contributed by atoms with E-state index in [-0.39, 0.29) is 12.1 Å². The minimum absolute atomic E-state index is 0.176. The third-order valence-corrected chi connectivity index (χ3v) is 5.65. The lowest BCUT2D eigenvalue weighted by Crippen LogP contribution is -2.35. The van der Waals surface area contributed by atoms with Gasteiger partial charge in [-0.05, 0) is 68.4 Å². The second-order valence-electron chi connectivity index (χ2n) is 7.76. The molecule has 0 aliphatic carbocycles. The number of carbonyl (C=O) groups is 1. The Morgan fingerprint density at radius 3 is 2.39 bits per heavy atom. The second-order valence-corrected chi connectivity index (χ2v) is 8.19. The van der Waals surface area contributed by atoms with Crippen molar-refractivity contribution in [1.29, 1.82) is 0 Å². The molecule has 0 bridgehead atoms. The molecule has 31 heavy (non-hydrogen) atoms. The van der Waals surface area contributed by atoms with Crippen LogP contribution in [0.1, 0.15) is 12.8 Å². The number of ether oxygens (including phenoxy) is 1. The quantitative estimate of drug-likeness (QED) is 0.595. The molecular weight excluding hydrogens is 414 g/mol. The minimum atomic E-state index is -0.331. The number of aryl methyl sites for hydroxylation is 1. The number of likely N-dealkylation sites (tertiary alicyclic amines) is 1.